The van der Waals surface area contributed by atoms with Crippen LogP contribution in [0.25, 0.3) is 0 Å². The highest BCUT2D eigenvalue weighted by molar-refractivity contribution is 7.89. The molecule has 0 saturated heterocycles. The maximum Gasteiger partial charge on any atom is 0.240 e. The molecular weight excluding hydrogens is 312 g/mol. The second-order valence-corrected chi connectivity index (χ2v) is 6.46. The lowest BCUT2D eigenvalue weighted by atomic mass is 10.1. The summed E-state index contributed by atoms with van der Waals surface area (Å²) >= 11 is 0. The lowest BCUT2D eigenvalue weighted by Gasteiger charge is -2.12. The normalized spacial score (nSPS) is 13.0. The Balaban J connectivity index is 1.97. The van der Waals surface area contributed by atoms with Crippen molar-refractivity contribution < 1.29 is 22.3 Å². The molecule has 0 aromatic heterocycles. The monoisotopic (exact) mass is 327 g/mol. The van der Waals surface area contributed by atoms with E-state index in [9.17, 15) is 22.3 Å². The number of hydrogen-bond acceptors (Lipinski definition) is 3. The average Bonchev–Trinajstić information content (AvgIpc) is 2.50. The highest BCUT2D eigenvalue weighted by Crippen LogP contribution is 2.17. The van der Waals surface area contributed by atoms with E-state index in [-0.39, 0.29) is 17.9 Å². The molecule has 0 spiro atoms. The molecule has 0 radical (unpaired) electrons. The van der Waals surface area contributed by atoms with Gasteiger partial charge >= 0.3 is 0 Å². The van der Waals surface area contributed by atoms with Crippen molar-refractivity contribution in [3.8, 4) is 0 Å². The summed E-state index contributed by atoms with van der Waals surface area (Å²) in [5.41, 5.74) is 0.675. The number of sulfonamides is 1. The fourth-order valence-electron chi connectivity index (χ4n) is 1.90. The Morgan fingerprint density at radius 3 is 2.36 bits per heavy atom. The first-order valence-corrected chi connectivity index (χ1v) is 8.06. The van der Waals surface area contributed by atoms with Crippen LogP contribution in [0.3, 0.4) is 0 Å². The number of halogens is 2. The van der Waals surface area contributed by atoms with Crippen LogP contribution in [-0.2, 0) is 10.0 Å². The quantitative estimate of drug-likeness (QED) is 0.856. The van der Waals surface area contributed by atoms with Gasteiger partial charge in [-0.05, 0) is 30.2 Å². The first-order chi connectivity index (χ1) is 10.4. The van der Waals surface area contributed by atoms with Crippen molar-refractivity contribution in [3.05, 3.63) is 65.7 Å². The maximum atomic E-state index is 13.1. The second-order valence-electron chi connectivity index (χ2n) is 4.69. The fourth-order valence-corrected chi connectivity index (χ4v) is 2.96. The van der Waals surface area contributed by atoms with E-state index in [0.29, 0.717) is 11.6 Å². The van der Waals surface area contributed by atoms with Crippen molar-refractivity contribution in [2.75, 3.05) is 6.54 Å². The third-order valence-electron chi connectivity index (χ3n) is 3.10. The van der Waals surface area contributed by atoms with E-state index in [1.165, 1.54) is 0 Å². The first kappa shape index (κ1) is 16.5. The number of hydrogen-bond donors (Lipinski definition) is 2. The molecule has 0 bridgehead atoms. The Bertz CT molecular complexity index is 736. The predicted octanol–water partition coefficient (Wildman–Crippen LogP) is 2.37. The smallest absolute Gasteiger partial charge is 0.240 e. The van der Waals surface area contributed by atoms with Gasteiger partial charge in [-0.1, -0.05) is 30.3 Å². The van der Waals surface area contributed by atoms with Crippen molar-refractivity contribution in [1.29, 1.82) is 0 Å². The minimum atomic E-state index is -3.95. The van der Waals surface area contributed by atoms with Crippen molar-refractivity contribution >= 4 is 10.0 Å². The van der Waals surface area contributed by atoms with Crippen LogP contribution < -0.4 is 4.72 Å². The van der Waals surface area contributed by atoms with Gasteiger partial charge in [-0.25, -0.2) is 21.9 Å². The van der Waals surface area contributed by atoms with Crippen molar-refractivity contribution in [2.45, 2.75) is 17.4 Å². The topological polar surface area (TPSA) is 66.4 Å². The lowest BCUT2D eigenvalue weighted by Crippen LogP contribution is -2.26. The van der Waals surface area contributed by atoms with Gasteiger partial charge in [0.2, 0.25) is 10.0 Å². The molecule has 0 heterocycles. The predicted molar refractivity (Wildman–Crippen MR) is 77.6 cm³/mol. The van der Waals surface area contributed by atoms with Gasteiger partial charge < -0.3 is 5.11 Å². The van der Waals surface area contributed by atoms with Gasteiger partial charge in [0, 0.05) is 6.54 Å². The van der Waals surface area contributed by atoms with E-state index in [2.05, 4.69) is 4.72 Å². The van der Waals surface area contributed by atoms with Gasteiger partial charge in [-0.15, -0.1) is 0 Å². The van der Waals surface area contributed by atoms with E-state index in [0.717, 1.165) is 12.1 Å². The zero-order valence-electron chi connectivity index (χ0n) is 11.5. The average molecular weight is 327 g/mol. The Kier molecular flexibility index (Phi) is 5.23. The molecule has 1 unspecified atom stereocenters. The molecule has 22 heavy (non-hydrogen) atoms. The molecule has 2 aromatic rings. The third-order valence-corrected chi connectivity index (χ3v) is 4.55. The van der Waals surface area contributed by atoms with E-state index in [4.69, 9.17) is 0 Å². The highest BCUT2D eigenvalue weighted by Gasteiger charge is 2.17. The molecule has 7 heteroatoms. The van der Waals surface area contributed by atoms with Gasteiger partial charge in [0.25, 0.3) is 0 Å². The number of nitrogens with one attached hydrogen (secondary N) is 1. The largest absolute Gasteiger partial charge is 0.388 e. The lowest BCUT2D eigenvalue weighted by molar-refractivity contribution is 0.169. The molecule has 1 atom stereocenters. The van der Waals surface area contributed by atoms with Gasteiger partial charge in [0.05, 0.1) is 11.0 Å². The summed E-state index contributed by atoms with van der Waals surface area (Å²) in [5, 5.41) is 9.92. The molecule has 0 aliphatic carbocycles. The molecule has 2 rings (SSSR count). The van der Waals surface area contributed by atoms with Crippen LogP contribution in [0.1, 0.15) is 18.1 Å². The molecule has 118 valence electrons. The maximum absolute atomic E-state index is 13.1. The summed E-state index contributed by atoms with van der Waals surface area (Å²) < 4.78 is 52.0. The molecule has 0 fully saturated rings. The van der Waals surface area contributed by atoms with Crippen LogP contribution in [0.2, 0.25) is 0 Å². The number of rotatable bonds is 6. The SMILES string of the molecule is O=S(=O)(NCCC(O)c1ccccc1)c1ccc(F)c(F)c1. The van der Waals surface area contributed by atoms with E-state index in [1.54, 1.807) is 24.3 Å². The number of benzene rings is 2. The fraction of sp³-hybridized carbons (Fsp3) is 0.200. The standard InChI is InChI=1S/C15H15F2NO3S/c16-13-7-6-12(10-14(13)17)22(20,21)18-9-8-15(19)11-4-2-1-3-5-11/h1-7,10,15,18-19H,8-9H2. The van der Waals surface area contributed by atoms with Gasteiger partial charge in [-0.3, -0.25) is 0 Å². The van der Waals surface area contributed by atoms with Crippen LogP contribution in [-0.4, -0.2) is 20.1 Å². The Hall–Kier alpha value is -1.83. The van der Waals surface area contributed by atoms with Crippen LogP contribution in [0, 0.1) is 11.6 Å². The van der Waals surface area contributed by atoms with Crippen LogP contribution >= 0.6 is 0 Å². The highest BCUT2D eigenvalue weighted by atomic mass is 32.2. The zero-order chi connectivity index (χ0) is 16.2. The first-order valence-electron chi connectivity index (χ1n) is 6.58. The third kappa shape index (κ3) is 4.09. The molecule has 2 N–H and O–H groups in total. The summed E-state index contributed by atoms with van der Waals surface area (Å²) in [7, 11) is -3.95. The summed E-state index contributed by atoms with van der Waals surface area (Å²) in [6, 6.07) is 11.2. The molecule has 0 aliphatic heterocycles. The Labute approximate surface area is 127 Å². The summed E-state index contributed by atoms with van der Waals surface area (Å²) in [6.07, 6.45) is -0.652. The zero-order valence-corrected chi connectivity index (χ0v) is 12.4. The summed E-state index contributed by atoms with van der Waals surface area (Å²) in [4.78, 5) is -0.361. The molecule has 0 amide bonds. The van der Waals surface area contributed by atoms with Gasteiger partial charge in [0.1, 0.15) is 0 Å². The molecule has 0 aliphatic rings. The molecule has 4 nitrogen and oxygen atoms in total. The van der Waals surface area contributed by atoms with E-state index < -0.39 is 27.8 Å². The van der Waals surface area contributed by atoms with Crippen molar-refractivity contribution in [2.24, 2.45) is 0 Å². The van der Waals surface area contributed by atoms with Crippen LogP contribution in [0.15, 0.2) is 53.4 Å². The Morgan fingerprint density at radius 1 is 1.05 bits per heavy atom. The molecule has 2 aromatic carbocycles. The van der Waals surface area contributed by atoms with Crippen LogP contribution in [0.5, 0.6) is 0 Å². The van der Waals surface area contributed by atoms with Gasteiger partial charge in [-0.2, -0.15) is 0 Å². The van der Waals surface area contributed by atoms with Gasteiger partial charge in [0.15, 0.2) is 11.6 Å². The van der Waals surface area contributed by atoms with E-state index >= 15 is 0 Å². The summed E-state index contributed by atoms with van der Waals surface area (Å²) in [5.74, 6) is -2.34. The van der Waals surface area contributed by atoms with Crippen LogP contribution in [0.4, 0.5) is 8.78 Å². The second kappa shape index (κ2) is 6.95. The molecule has 0 saturated carbocycles. The Morgan fingerprint density at radius 2 is 1.73 bits per heavy atom. The van der Waals surface area contributed by atoms with Crippen molar-refractivity contribution in [1.82, 2.24) is 4.72 Å². The molecular formula is C15H15F2NO3S. The minimum Gasteiger partial charge on any atom is -0.388 e. The number of aliphatic hydroxyl groups excluding tert-OH is 1. The number of aliphatic hydroxyl groups is 1. The minimum absolute atomic E-state index is 0.0304. The van der Waals surface area contributed by atoms with Crippen molar-refractivity contribution in [3.63, 3.8) is 0 Å². The van der Waals surface area contributed by atoms with E-state index in [1.807, 2.05) is 6.07 Å². The summed E-state index contributed by atoms with van der Waals surface area (Å²) in [6.45, 7) is -0.0304.